The molecule has 0 saturated carbocycles. The summed E-state index contributed by atoms with van der Waals surface area (Å²) in [7, 11) is 2.93. The van der Waals surface area contributed by atoms with Crippen LogP contribution in [0.4, 0.5) is 0 Å². The maximum absolute atomic E-state index is 12.8. The molecule has 1 saturated heterocycles. The van der Waals surface area contributed by atoms with Gasteiger partial charge in [0.2, 0.25) is 11.8 Å². The SMILES string of the molecule is COc1ncnc(OC)c1C(=O)N1CCC(N)C(C)(C)C1.Cl. The predicted octanol–water partition coefficient (Wildman–Crippen LogP) is 1.11. The fourth-order valence-corrected chi connectivity index (χ4v) is 2.55. The van der Waals surface area contributed by atoms with Gasteiger partial charge in [-0.2, -0.15) is 0 Å². The molecule has 124 valence electrons. The molecule has 0 aromatic carbocycles. The molecule has 1 fully saturated rings. The van der Waals surface area contributed by atoms with Gasteiger partial charge in [0.15, 0.2) is 5.56 Å². The summed E-state index contributed by atoms with van der Waals surface area (Å²) in [6, 6.07) is 0.0809. The molecule has 8 heteroatoms. The van der Waals surface area contributed by atoms with Crippen molar-refractivity contribution in [3.05, 3.63) is 11.9 Å². The van der Waals surface area contributed by atoms with Crippen molar-refractivity contribution in [2.45, 2.75) is 26.3 Å². The van der Waals surface area contributed by atoms with Gasteiger partial charge in [0.1, 0.15) is 6.33 Å². The molecule has 0 aliphatic carbocycles. The highest BCUT2D eigenvalue weighted by molar-refractivity contribution is 5.98. The first-order valence-corrected chi connectivity index (χ1v) is 6.88. The lowest BCUT2D eigenvalue weighted by atomic mass is 9.79. The molecular weight excluding hydrogens is 308 g/mol. The van der Waals surface area contributed by atoms with Crippen molar-refractivity contribution in [3.8, 4) is 11.8 Å². The summed E-state index contributed by atoms with van der Waals surface area (Å²) < 4.78 is 10.3. The van der Waals surface area contributed by atoms with E-state index in [0.717, 1.165) is 6.42 Å². The van der Waals surface area contributed by atoms with Crippen LogP contribution in [-0.4, -0.2) is 54.1 Å². The summed E-state index contributed by atoms with van der Waals surface area (Å²) in [4.78, 5) is 22.5. The second kappa shape index (κ2) is 7.11. The zero-order valence-electron chi connectivity index (χ0n) is 13.3. The molecule has 7 nitrogen and oxygen atoms in total. The van der Waals surface area contributed by atoms with Crippen LogP contribution in [0.15, 0.2) is 6.33 Å². The summed E-state index contributed by atoms with van der Waals surface area (Å²) in [6.45, 7) is 5.30. The number of carbonyl (C=O) groups is 1. The van der Waals surface area contributed by atoms with E-state index in [1.165, 1.54) is 20.5 Å². The van der Waals surface area contributed by atoms with Crippen molar-refractivity contribution in [1.29, 1.82) is 0 Å². The van der Waals surface area contributed by atoms with Crippen molar-refractivity contribution >= 4 is 18.3 Å². The van der Waals surface area contributed by atoms with Crippen LogP contribution < -0.4 is 15.2 Å². The van der Waals surface area contributed by atoms with E-state index in [9.17, 15) is 4.79 Å². The summed E-state index contributed by atoms with van der Waals surface area (Å²) in [5, 5.41) is 0. The van der Waals surface area contributed by atoms with Gasteiger partial charge in [-0.1, -0.05) is 13.8 Å². The van der Waals surface area contributed by atoms with E-state index in [1.54, 1.807) is 4.90 Å². The van der Waals surface area contributed by atoms with Gasteiger partial charge in [0.05, 0.1) is 14.2 Å². The van der Waals surface area contributed by atoms with E-state index < -0.39 is 0 Å². The molecular formula is C14H23ClN4O3. The van der Waals surface area contributed by atoms with Gasteiger partial charge < -0.3 is 20.1 Å². The predicted molar refractivity (Wildman–Crippen MR) is 84.7 cm³/mol. The minimum Gasteiger partial charge on any atom is -0.480 e. The molecule has 0 radical (unpaired) electrons. The number of nitrogens with zero attached hydrogens (tertiary/aromatic N) is 3. The first-order valence-electron chi connectivity index (χ1n) is 6.88. The van der Waals surface area contributed by atoms with Gasteiger partial charge in [0.25, 0.3) is 5.91 Å². The molecule has 0 bridgehead atoms. The van der Waals surface area contributed by atoms with Crippen molar-refractivity contribution in [1.82, 2.24) is 14.9 Å². The Labute approximate surface area is 136 Å². The summed E-state index contributed by atoms with van der Waals surface area (Å²) in [5.41, 5.74) is 6.24. The number of methoxy groups -OCH3 is 2. The molecule has 1 aliphatic heterocycles. The Morgan fingerprint density at radius 3 is 2.32 bits per heavy atom. The quantitative estimate of drug-likeness (QED) is 0.893. The van der Waals surface area contributed by atoms with E-state index in [1.807, 2.05) is 0 Å². The third-order valence-corrected chi connectivity index (χ3v) is 3.98. The van der Waals surface area contributed by atoms with Crippen LogP contribution in [0.3, 0.4) is 0 Å². The molecule has 1 unspecified atom stereocenters. The molecule has 1 atom stereocenters. The number of ether oxygens (including phenoxy) is 2. The van der Waals surface area contributed by atoms with Crippen LogP contribution in [-0.2, 0) is 0 Å². The van der Waals surface area contributed by atoms with E-state index in [0.29, 0.717) is 13.1 Å². The minimum absolute atomic E-state index is 0. The highest BCUT2D eigenvalue weighted by Crippen LogP contribution is 2.31. The van der Waals surface area contributed by atoms with E-state index in [2.05, 4.69) is 23.8 Å². The van der Waals surface area contributed by atoms with Crippen LogP contribution in [0.25, 0.3) is 0 Å². The van der Waals surface area contributed by atoms with Crippen molar-refractivity contribution in [3.63, 3.8) is 0 Å². The van der Waals surface area contributed by atoms with E-state index in [-0.39, 0.29) is 47.1 Å². The average Bonchev–Trinajstić information content (AvgIpc) is 2.48. The van der Waals surface area contributed by atoms with Crippen molar-refractivity contribution < 1.29 is 14.3 Å². The Morgan fingerprint density at radius 2 is 1.86 bits per heavy atom. The maximum Gasteiger partial charge on any atom is 0.264 e. The number of hydrogen-bond donors (Lipinski definition) is 1. The fraction of sp³-hybridized carbons (Fsp3) is 0.643. The summed E-state index contributed by atoms with van der Waals surface area (Å²) >= 11 is 0. The highest BCUT2D eigenvalue weighted by atomic mass is 35.5. The molecule has 2 rings (SSSR count). The first kappa shape index (κ1) is 18.4. The molecule has 22 heavy (non-hydrogen) atoms. The number of nitrogens with two attached hydrogens (primary N) is 1. The van der Waals surface area contributed by atoms with Crippen molar-refractivity contribution in [2.75, 3.05) is 27.3 Å². The monoisotopic (exact) mass is 330 g/mol. The number of likely N-dealkylation sites (tertiary alicyclic amines) is 1. The Hall–Kier alpha value is -1.60. The zero-order chi connectivity index (χ0) is 15.6. The highest BCUT2D eigenvalue weighted by Gasteiger charge is 2.37. The van der Waals surface area contributed by atoms with Crippen LogP contribution >= 0.6 is 12.4 Å². The first-order chi connectivity index (χ1) is 9.90. The van der Waals surface area contributed by atoms with Gasteiger partial charge in [0, 0.05) is 19.1 Å². The molecule has 2 heterocycles. The Bertz CT molecular complexity index is 517. The van der Waals surface area contributed by atoms with Crippen LogP contribution in [0.2, 0.25) is 0 Å². The number of carbonyl (C=O) groups excluding carboxylic acids is 1. The summed E-state index contributed by atoms with van der Waals surface area (Å²) in [6.07, 6.45) is 2.07. The van der Waals surface area contributed by atoms with Gasteiger partial charge >= 0.3 is 0 Å². The van der Waals surface area contributed by atoms with E-state index in [4.69, 9.17) is 15.2 Å². The van der Waals surface area contributed by atoms with Crippen LogP contribution in [0.5, 0.6) is 11.8 Å². The molecule has 0 spiro atoms. The van der Waals surface area contributed by atoms with Gasteiger partial charge in [-0.25, -0.2) is 9.97 Å². The average molecular weight is 331 g/mol. The number of rotatable bonds is 3. The Balaban J connectivity index is 0.00000242. The zero-order valence-corrected chi connectivity index (χ0v) is 14.1. The van der Waals surface area contributed by atoms with Crippen molar-refractivity contribution in [2.24, 2.45) is 11.1 Å². The largest absolute Gasteiger partial charge is 0.480 e. The number of piperidine rings is 1. The Morgan fingerprint density at radius 1 is 1.32 bits per heavy atom. The van der Waals surface area contributed by atoms with Crippen LogP contribution in [0.1, 0.15) is 30.6 Å². The maximum atomic E-state index is 12.8. The topological polar surface area (TPSA) is 90.6 Å². The molecule has 2 N–H and O–H groups in total. The van der Waals surface area contributed by atoms with E-state index >= 15 is 0 Å². The lowest BCUT2D eigenvalue weighted by Gasteiger charge is -2.42. The fourth-order valence-electron chi connectivity index (χ4n) is 2.55. The molecule has 1 aliphatic rings. The molecule has 1 amide bonds. The number of hydrogen-bond acceptors (Lipinski definition) is 6. The van der Waals surface area contributed by atoms with Gasteiger partial charge in [-0.05, 0) is 11.8 Å². The lowest BCUT2D eigenvalue weighted by molar-refractivity contribution is 0.0525. The molecule has 1 aromatic rings. The smallest absolute Gasteiger partial charge is 0.264 e. The third-order valence-electron chi connectivity index (χ3n) is 3.98. The van der Waals surface area contributed by atoms with Crippen LogP contribution in [0, 0.1) is 5.41 Å². The molecule has 1 aromatic heterocycles. The minimum atomic E-state index is -0.190. The number of aromatic nitrogens is 2. The second-order valence-corrected chi connectivity index (χ2v) is 5.88. The second-order valence-electron chi connectivity index (χ2n) is 5.88. The van der Waals surface area contributed by atoms with Gasteiger partial charge in [-0.15, -0.1) is 12.4 Å². The normalized spacial score (nSPS) is 20.0. The number of amides is 1. The summed E-state index contributed by atoms with van der Waals surface area (Å²) in [5.74, 6) is 0.253. The number of halogens is 1. The Kier molecular flexibility index (Phi) is 5.96. The third kappa shape index (κ3) is 3.41. The lowest BCUT2D eigenvalue weighted by Crippen LogP contribution is -2.54. The standard InChI is InChI=1S/C14H22N4O3.ClH/c1-14(2)7-18(6-5-9(14)15)13(19)10-11(20-3)16-8-17-12(10)21-4;/h8-9H,5-7,15H2,1-4H3;1H. The van der Waals surface area contributed by atoms with Gasteiger partial charge in [-0.3, -0.25) is 4.79 Å².